The highest BCUT2D eigenvalue weighted by Crippen LogP contribution is 2.62. The molecule has 0 unspecified atom stereocenters. The molecule has 71 heavy (non-hydrogen) atoms. The monoisotopic (exact) mass is 977 g/mol. The lowest BCUT2D eigenvalue weighted by Gasteiger charge is -2.60. The van der Waals surface area contributed by atoms with Crippen LogP contribution in [0.1, 0.15) is 106 Å². The van der Waals surface area contributed by atoms with Crippen molar-refractivity contribution in [2.45, 2.75) is 119 Å². The van der Waals surface area contributed by atoms with Crippen molar-refractivity contribution in [3.8, 4) is 11.5 Å². The summed E-state index contributed by atoms with van der Waals surface area (Å²) in [7, 11) is 0. The van der Waals surface area contributed by atoms with Crippen LogP contribution in [0.3, 0.4) is 0 Å². The van der Waals surface area contributed by atoms with E-state index >= 15 is 4.79 Å². The third kappa shape index (κ3) is 11.9. The lowest BCUT2D eigenvalue weighted by molar-refractivity contribution is -0.258. The topological polar surface area (TPSA) is 110 Å². The summed E-state index contributed by atoms with van der Waals surface area (Å²) in [6.07, 6.45) is 15.4. The molecule has 0 bridgehead atoms. The number of hydrogen-bond donors (Lipinski definition) is 2. The van der Waals surface area contributed by atoms with Gasteiger partial charge in [-0.1, -0.05) is 147 Å². The summed E-state index contributed by atoms with van der Waals surface area (Å²) in [6, 6.07) is 40.9. The molecule has 1 amide bonds. The molecule has 9 rings (SSSR count). The highest BCUT2D eigenvalue weighted by molar-refractivity contribution is 7.99. The molecule has 3 aliphatic carbocycles. The number of aliphatic hydroxyl groups excluding tert-OH is 2. The van der Waals surface area contributed by atoms with Gasteiger partial charge in [-0.05, 0) is 108 Å². The highest BCUT2D eigenvalue weighted by atomic mass is 32.2. The molecule has 1 heterocycles. The first-order valence-electron chi connectivity index (χ1n) is 26.3. The molecule has 0 saturated heterocycles. The maximum atomic E-state index is 15.6. The fourth-order valence-electron chi connectivity index (χ4n) is 12.1. The number of ether oxygens (including phenoxy) is 3. The van der Waals surface area contributed by atoms with Crippen molar-refractivity contribution < 1.29 is 34.1 Å². The summed E-state index contributed by atoms with van der Waals surface area (Å²) >= 11 is 1.77. The predicted molar refractivity (Wildman–Crippen MR) is 285 cm³/mol. The van der Waals surface area contributed by atoms with Crippen LogP contribution in [-0.2, 0) is 27.5 Å². The summed E-state index contributed by atoms with van der Waals surface area (Å²) < 4.78 is 21.6. The highest BCUT2D eigenvalue weighted by Gasteiger charge is 2.65. The molecule has 4 aliphatic rings. The second kappa shape index (κ2) is 24.8. The predicted octanol–water partition coefficient (Wildman–Crippen LogP) is 12.8. The number of hydrogen-bond acceptors (Lipinski definition) is 9. The molecule has 0 spiro atoms. The molecular formula is C61H72N2O7S. The van der Waals surface area contributed by atoms with Crippen molar-refractivity contribution in [3.05, 3.63) is 162 Å². The quantitative estimate of drug-likeness (QED) is 0.0258. The van der Waals surface area contributed by atoms with Gasteiger partial charge in [-0.15, -0.1) is 18.3 Å². The normalized spacial score (nSPS) is 23.1. The molecule has 10 heteroatoms. The van der Waals surface area contributed by atoms with Gasteiger partial charge in [0.15, 0.2) is 0 Å². The number of unbranched alkanes of at least 4 members (excludes halogenated alkanes) is 2. The van der Waals surface area contributed by atoms with E-state index in [1.54, 1.807) is 17.8 Å². The van der Waals surface area contributed by atoms with Gasteiger partial charge < -0.3 is 34.2 Å². The second-order valence-corrected chi connectivity index (χ2v) is 21.1. The zero-order valence-corrected chi connectivity index (χ0v) is 42.1. The standard InChI is InChI=1S/C61H72N2O7S/c1-2-36-68-61-57(63(58(66)33-30-44-18-9-10-19-44)42-48-25-17-24-46-22-11-12-28-51(46)48)41-55(62-69-43-45-20-5-3-6-21-45)53-39-47(23-13-15-34-64)52(29-14-16-35-65)59(60(53)61)54-40-49(31-32-56(54)70-61)67-37-38-71-50-26-7-4-8-27-50/h2-8,11-12,17,20-22,24-28,31-32,39-40,44,47,52,57,59-60,64-65H,1,9-10,13-16,18-19,23,29-30,33-38,41-43H2/t47-,52+,57-,59+,60+,61+/m0/s1. The first-order chi connectivity index (χ1) is 35.0. The van der Waals surface area contributed by atoms with Crippen LogP contribution in [0.15, 0.2) is 156 Å². The van der Waals surface area contributed by atoms with E-state index in [1.807, 2.05) is 48.5 Å². The summed E-state index contributed by atoms with van der Waals surface area (Å²) in [4.78, 5) is 25.3. The van der Waals surface area contributed by atoms with E-state index in [9.17, 15) is 10.2 Å². The van der Waals surface area contributed by atoms with Crippen molar-refractivity contribution >= 4 is 34.2 Å². The molecule has 2 N–H and O–H groups in total. The lowest BCUT2D eigenvalue weighted by Crippen LogP contribution is -2.70. The fourth-order valence-corrected chi connectivity index (χ4v) is 12.8. The molecule has 5 aromatic rings. The van der Waals surface area contributed by atoms with Crippen molar-refractivity contribution in [3.63, 3.8) is 0 Å². The third-order valence-electron chi connectivity index (χ3n) is 15.4. The number of aliphatic hydroxyl groups is 2. The minimum absolute atomic E-state index is 0.0775. The molecular weight excluding hydrogens is 905 g/mol. The largest absolute Gasteiger partial charge is 0.493 e. The Morgan fingerprint density at radius 3 is 2.39 bits per heavy atom. The zero-order chi connectivity index (χ0) is 48.8. The van der Waals surface area contributed by atoms with Crippen LogP contribution in [0.5, 0.6) is 11.5 Å². The molecule has 374 valence electrons. The lowest BCUT2D eigenvalue weighted by atomic mass is 9.55. The molecule has 0 radical (unpaired) electrons. The fraction of sp³-hybridized carbons (Fsp3) is 0.443. The Balaban J connectivity index is 1.20. The van der Waals surface area contributed by atoms with Crippen LogP contribution < -0.4 is 9.47 Å². The van der Waals surface area contributed by atoms with Crippen LogP contribution in [0.4, 0.5) is 0 Å². The molecule has 9 nitrogen and oxygen atoms in total. The Labute approximate surface area is 425 Å². The first-order valence-corrected chi connectivity index (χ1v) is 27.3. The Kier molecular flexibility index (Phi) is 17.7. The molecule has 2 saturated carbocycles. The van der Waals surface area contributed by atoms with E-state index in [-0.39, 0.29) is 43.5 Å². The van der Waals surface area contributed by atoms with Gasteiger partial charge in [0.25, 0.3) is 0 Å². The van der Waals surface area contributed by atoms with E-state index in [0.29, 0.717) is 51.4 Å². The van der Waals surface area contributed by atoms with Crippen LogP contribution in [0, 0.1) is 23.7 Å². The average molecular weight is 977 g/mol. The van der Waals surface area contributed by atoms with Crippen LogP contribution in [0.25, 0.3) is 10.8 Å². The molecule has 2 fully saturated rings. The Bertz CT molecular complexity index is 2580. The van der Waals surface area contributed by atoms with Crippen molar-refractivity contribution in [1.29, 1.82) is 0 Å². The number of benzene rings is 5. The van der Waals surface area contributed by atoms with Gasteiger partial charge in [-0.3, -0.25) is 4.79 Å². The summed E-state index contributed by atoms with van der Waals surface area (Å²) in [5, 5.41) is 27.6. The number of nitrogens with zero attached hydrogens (tertiary/aromatic N) is 2. The number of carbonyl (C=O) groups is 1. The smallest absolute Gasteiger partial charge is 0.239 e. The van der Waals surface area contributed by atoms with Gasteiger partial charge in [0.1, 0.15) is 24.1 Å². The Morgan fingerprint density at radius 1 is 0.859 bits per heavy atom. The minimum Gasteiger partial charge on any atom is -0.493 e. The van der Waals surface area contributed by atoms with Gasteiger partial charge in [0, 0.05) is 54.7 Å². The summed E-state index contributed by atoms with van der Waals surface area (Å²) in [5.41, 5.74) is 4.94. The number of rotatable bonds is 25. The van der Waals surface area contributed by atoms with Crippen LogP contribution in [0.2, 0.25) is 0 Å². The van der Waals surface area contributed by atoms with E-state index in [4.69, 9.17) is 24.2 Å². The Morgan fingerprint density at radius 2 is 1.61 bits per heavy atom. The van der Waals surface area contributed by atoms with Crippen molar-refractivity contribution in [2.24, 2.45) is 28.8 Å². The SMILES string of the molecule is C=CCO[C@@]12Oc3ccc(OCCSc4ccccc4)cc3[C@H]3[C@H](CCCCO)[C@@H](CCCCO)C=C(C(=NOCc4ccccc4)C[C@@H]1N(Cc1cccc4ccccc14)C(=O)CCC1CCCC1)[C@H]32. The van der Waals surface area contributed by atoms with E-state index in [2.05, 4.69) is 90.4 Å². The molecule has 0 aromatic heterocycles. The third-order valence-corrected chi connectivity index (χ3v) is 16.4. The first kappa shape index (κ1) is 50.5. The van der Waals surface area contributed by atoms with Crippen LogP contribution in [-0.4, -0.2) is 70.7 Å². The number of allylic oxidation sites excluding steroid dienone is 1. The van der Waals surface area contributed by atoms with Gasteiger partial charge in [-0.25, -0.2) is 0 Å². The second-order valence-electron chi connectivity index (χ2n) is 19.9. The maximum absolute atomic E-state index is 15.6. The van der Waals surface area contributed by atoms with Gasteiger partial charge in [-0.2, -0.15) is 0 Å². The molecule has 1 aliphatic heterocycles. The number of amides is 1. The van der Waals surface area contributed by atoms with Gasteiger partial charge in [0.2, 0.25) is 11.7 Å². The average Bonchev–Trinajstić information content (AvgIpc) is 3.94. The Hall–Kier alpha value is -5.39. The van der Waals surface area contributed by atoms with Crippen LogP contribution >= 0.6 is 11.8 Å². The van der Waals surface area contributed by atoms with Crippen molar-refractivity contribution in [2.75, 3.05) is 32.2 Å². The number of carbonyl (C=O) groups excluding carboxylic acids is 1. The van der Waals surface area contributed by atoms with E-state index < -0.39 is 17.7 Å². The van der Waals surface area contributed by atoms with E-state index in [0.717, 1.165) is 101 Å². The summed E-state index contributed by atoms with van der Waals surface area (Å²) in [5.74, 6) is 1.18. The van der Waals surface area contributed by atoms with Gasteiger partial charge in [0.05, 0.1) is 24.8 Å². The zero-order valence-electron chi connectivity index (χ0n) is 41.3. The minimum atomic E-state index is -1.36. The van der Waals surface area contributed by atoms with Crippen molar-refractivity contribution in [1.82, 2.24) is 4.90 Å². The summed E-state index contributed by atoms with van der Waals surface area (Å²) in [6.45, 7) is 5.79. The molecule has 6 atom stereocenters. The number of fused-ring (bicyclic) bond motifs is 3. The maximum Gasteiger partial charge on any atom is 0.239 e. The van der Waals surface area contributed by atoms with E-state index in [1.165, 1.54) is 17.7 Å². The molecule has 5 aromatic carbocycles. The van der Waals surface area contributed by atoms with Gasteiger partial charge >= 0.3 is 0 Å². The number of oxime groups is 1. The number of thioether (sulfide) groups is 1.